The number of morpholine rings is 1. The maximum atomic E-state index is 13.6. The van der Waals surface area contributed by atoms with Gasteiger partial charge in [0.05, 0.1) is 30.1 Å². The highest BCUT2D eigenvalue weighted by Crippen LogP contribution is 2.57. The minimum atomic E-state index is -1.15. The molecule has 2 saturated heterocycles. The molecule has 34 heavy (non-hydrogen) atoms. The first-order chi connectivity index (χ1) is 16.3. The third-order valence-corrected chi connectivity index (χ3v) is 9.60. The molecule has 7 heteroatoms. The van der Waals surface area contributed by atoms with Gasteiger partial charge in [0.1, 0.15) is 0 Å². The first-order valence-corrected chi connectivity index (χ1v) is 13.6. The van der Waals surface area contributed by atoms with Gasteiger partial charge in [0.25, 0.3) is 0 Å². The quantitative estimate of drug-likeness (QED) is 0.610. The molecule has 2 saturated carbocycles. The zero-order valence-electron chi connectivity index (χ0n) is 21.2. The maximum Gasteiger partial charge on any atom is 0.225 e. The minimum Gasteiger partial charge on any atom is -0.378 e. The van der Waals surface area contributed by atoms with E-state index in [-0.39, 0.29) is 17.7 Å². The van der Waals surface area contributed by atoms with E-state index in [2.05, 4.69) is 17.9 Å². The summed E-state index contributed by atoms with van der Waals surface area (Å²) in [5, 5.41) is 10.7. The fraction of sp³-hybridized carbons (Fsp3) is 0.889. The van der Waals surface area contributed by atoms with E-state index in [1.807, 2.05) is 4.90 Å². The van der Waals surface area contributed by atoms with Crippen molar-refractivity contribution in [1.29, 1.82) is 5.26 Å². The molecule has 2 heterocycles. The van der Waals surface area contributed by atoms with E-state index < -0.39 is 16.7 Å². The van der Waals surface area contributed by atoms with E-state index in [0.717, 1.165) is 45.1 Å². The minimum absolute atomic E-state index is 0.0456. The van der Waals surface area contributed by atoms with Crippen molar-refractivity contribution in [2.24, 2.45) is 22.0 Å². The van der Waals surface area contributed by atoms with Gasteiger partial charge in [0.15, 0.2) is 0 Å². The first kappa shape index (κ1) is 25.4. The summed E-state index contributed by atoms with van der Waals surface area (Å²) in [5.74, 6) is -0.500. The molecule has 2 unspecified atom stereocenters. The van der Waals surface area contributed by atoms with Crippen molar-refractivity contribution in [1.82, 2.24) is 9.80 Å². The van der Waals surface area contributed by atoms with E-state index in [4.69, 9.17) is 10.5 Å². The number of hydrogen-bond donors (Lipinski definition) is 1. The maximum absolute atomic E-state index is 13.6. The smallest absolute Gasteiger partial charge is 0.225 e. The van der Waals surface area contributed by atoms with Crippen LogP contribution < -0.4 is 5.73 Å². The number of ether oxygens (including phenoxy) is 1. The van der Waals surface area contributed by atoms with Crippen LogP contribution in [0.4, 0.5) is 0 Å². The number of amides is 2. The van der Waals surface area contributed by atoms with Gasteiger partial charge in [0.2, 0.25) is 11.8 Å². The molecule has 4 rings (SSSR count). The summed E-state index contributed by atoms with van der Waals surface area (Å²) in [6, 6.07) is 3.13. The Morgan fingerprint density at radius 2 is 1.68 bits per heavy atom. The molecule has 0 radical (unpaired) electrons. The Balaban J connectivity index is 1.67. The van der Waals surface area contributed by atoms with E-state index in [1.54, 1.807) is 0 Å². The summed E-state index contributed by atoms with van der Waals surface area (Å²) in [4.78, 5) is 31.4. The van der Waals surface area contributed by atoms with Crippen molar-refractivity contribution in [2.45, 2.75) is 96.4 Å². The lowest BCUT2D eigenvalue weighted by atomic mass is 9.53. The summed E-state index contributed by atoms with van der Waals surface area (Å²) >= 11 is 0. The number of rotatable bonds is 7. The molecule has 2 aliphatic carbocycles. The highest BCUT2D eigenvalue weighted by molar-refractivity contribution is 5.89. The number of nitrogens with zero attached hydrogens (tertiary/aromatic N) is 3. The molecule has 0 bridgehead atoms. The number of nitriles is 1. The molecule has 2 amide bonds. The number of primary amides is 1. The third kappa shape index (κ3) is 4.99. The zero-order valence-corrected chi connectivity index (χ0v) is 21.2. The lowest BCUT2D eigenvalue weighted by Crippen LogP contribution is -2.57. The van der Waals surface area contributed by atoms with Gasteiger partial charge in [-0.25, -0.2) is 0 Å². The van der Waals surface area contributed by atoms with Gasteiger partial charge in [-0.3, -0.25) is 14.5 Å². The summed E-state index contributed by atoms with van der Waals surface area (Å²) < 4.78 is 5.44. The molecular formula is C27H44N4O3. The van der Waals surface area contributed by atoms with Crippen LogP contribution in [0.1, 0.15) is 90.4 Å². The van der Waals surface area contributed by atoms with Crippen LogP contribution in [-0.2, 0) is 14.3 Å². The first-order valence-electron chi connectivity index (χ1n) is 13.6. The lowest BCUT2D eigenvalue weighted by Gasteiger charge is -2.49. The fourth-order valence-electron chi connectivity index (χ4n) is 7.49. The number of nitrogens with two attached hydrogens (primary N) is 1. The van der Waals surface area contributed by atoms with Crippen molar-refractivity contribution < 1.29 is 14.3 Å². The Kier molecular flexibility index (Phi) is 7.89. The van der Waals surface area contributed by atoms with Gasteiger partial charge in [-0.1, -0.05) is 45.4 Å². The van der Waals surface area contributed by atoms with Gasteiger partial charge in [-0.05, 0) is 43.9 Å². The van der Waals surface area contributed by atoms with Crippen molar-refractivity contribution >= 4 is 11.8 Å². The molecule has 0 aromatic carbocycles. The average Bonchev–Trinajstić information content (AvgIpc) is 3.31. The number of likely N-dealkylation sites (tertiary alicyclic amines) is 1. The van der Waals surface area contributed by atoms with Gasteiger partial charge in [-0.2, -0.15) is 5.26 Å². The predicted molar refractivity (Wildman–Crippen MR) is 131 cm³/mol. The molecule has 4 aliphatic rings. The summed E-state index contributed by atoms with van der Waals surface area (Å²) in [6.07, 6.45) is 12.8. The average molecular weight is 473 g/mol. The largest absolute Gasteiger partial charge is 0.378 e. The Morgan fingerprint density at radius 1 is 1.03 bits per heavy atom. The Hall–Kier alpha value is -1.65. The topological polar surface area (TPSA) is 99.7 Å². The van der Waals surface area contributed by atoms with Crippen molar-refractivity contribution in [3.05, 3.63) is 0 Å². The Morgan fingerprint density at radius 3 is 2.29 bits per heavy atom. The molecule has 2 N–H and O–H groups in total. The zero-order chi connectivity index (χ0) is 24.2. The van der Waals surface area contributed by atoms with Crippen LogP contribution in [-0.4, -0.2) is 67.0 Å². The molecule has 4 fully saturated rings. The van der Waals surface area contributed by atoms with Crippen LogP contribution in [0.25, 0.3) is 0 Å². The Labute approximate surface area is 205 Å². The van der Waals surface area contributed by atoms with E-state index in [1.165, 1.54) is 25.7 Å². The molecule has 0 aromatic rings. The second-order valence-corrected chi connectivity index (χ2v) is 11.9. The van der Waals surface area contributed by atoms with Gasteiger partial charge in [-0.15, -0.1) is 0 Å². The highest BCUT2D eigenvalue weighted by Gasteiger charge is 2.62. The predicted octanol–water partition coefficient (Wildman–Crippen LogP) is 3.62. The van der Waals surface area contributed by atoms with Crippen LogP contribution >= 0.6 is 0 Å². The molecule has 2 atom stereocenters. The van der Waals surface area contributed by atoms with E-state index in [0.29, 0.717) is 51.7 Å². The fourth-order valence-corrected chi connectivity index (χ4v) is 7.49. The van der Waals surface area contributed by atoms with Crippen LogP contribution in [0.3, 0.4) is 0 Å². The molecule has 0 spiro atoms. The highest BCUT2D eigenvalue weighted by atomic mass is 16.5. The van der Waals surface area contributed by atoms with Crippen molar-refractivity contribution in [2.75, 3.05) is 39.4 Å². The molecular weight excluding hydrogens is 428 g/mol. The molecule has 190 valence electrons. The van der Waals surface area contributed by atoms with Crippen LogP contribution in [0, 0.1) is 27.6 Å². The summed E-state index contributed by atoms with van der Waals surface area (Å²) in [7, 11) is 0. The number of hydrogen-bond acceptors (Lipinski definition) is 5. The van der Waals surface area contributed by atoms with Gasteiger partial charge < -0.3 is 15.4 Å². The molecule has 2 aliphatic heterocycles. The monoisotopic (exact) mass is 472 g/mol. The number of carbonyl (C=O) groups is 2. The second kappa shape index (κ2) is 10.5. The SMILES string of the molecule is CC1(CC(CC(=O)N2CCOCC2)(C(N)=O)C2(C#N)CCN(C3CCCCC3)C2)CCCCC1. The normalized spacial score (nSPS) is 30.4. The molecule has 0 aromatic heterocycles. The standard InChI is InChI=1S/C27H44N4O3/c1-25(10-6-3-7-11-25)19-27(24(29)33,18-23(32)30-14-16-34-17-15-30)26(20-28)12-13-31(21-26)22-8-4-2-5-9-22/h22H,2-19,21H2,1H3,(H2,29,33). The van der Waals surface area contributed by atoms with Gasteiger partial charge in [0, 0.05) is 38.6 Å². The van der Waals surface area contributed by atoms with Gasteiger partial charge >= 0.3 is 0 Å². The molecule has 7 nitrogen and oxygen atoms in total. The van der Waals surface area contributed by atoms with Crippen LogP contribution in [0.15, 0.2) is 0 Å². The summed E-state index contributed by atoms with van der Waals surface area (Å²) in [5.41, 5.74) is 4.15. The van der Waals surface area contributed by atoms with Crippen LogP contribution in [0.5, 0.6) is 0 Å². The third-order valence-electron chi connectivity index (χ3n) is 9.60. The summed E-state index contributed by atoms with van der Waals surface area (Å²) in [6.45, 7) is 5.75. The van der Waals surface area contributed by atoms with Crippen LogP contribution in [0.2, 0.25) is 0 Å². The van der Waals surface area contributed by atoms with Crippen molar-refractivity contribution in [3.8, 4) is 6.07 Å². The van der Waals surface area contributed by atoms with E-state index >= 15 is 0 Å². The Bertz CT molecular complexity index is 777. The number of carbonyl (C=O) groups excluding carboxylic acids is 2. The second-order valence-electron chi connectivity index (χ2n) is 11.9. The van der Waals surface area contributed by atoms with E-state index in [9.17, 15) is 14.9 Å². The van der Waals surface area contributed by atoms with Crippen molar-refractivity contribution in [3.63, 3.8) is 0 Å². The lowest BCUT2D eigenvalue weighted by molar-refractivity contribution is -0.150.